The van der Waals surface area contributed by atoms with Gasteiger partial charge in [0.1, 0.15) is 29.8 Å². The highest BCUT2D eigenvalue weighted by Gasteiger charge is 2.14. The van der Waals surface area contributed by atoms with Gasteiger partial charge in [0.05, 0.1) is 11.4 Å². The van der Waals surface area contributed by atoms with Crippen LogP contribution in [0.1, 0.15) is 11.1 Å². The third-order valence-corrected chi connectivity index (χ3v) is 5.10. The molecule has 0 bridgehead atoms. The minimum Gasteiger partial charge on any atom is -0.489 e. The van der Waals surface area contributed by atoms with Gasteiger partial charge in [-0.3, -0.25) is 4.79 Å². The quantitative estimate of drug-likeness (QED) is 0.319. The summed E-state index contributed by atoms with van der Waals surface area (Å²) in [4.78, 5) is 12.1. The smallest absolute Gasteiger partial charge is 0.261 e. The molecule has 1 N–H and O–H groups in total. The van der Waals surface area contributed by atoms with Crippen LogP contribution in [-0.2, 0) is 11.4 Å². The van der Waals surface area contributed by atoms with E-state index in [1.54, 1.807) is 23.0 Å². The monoisotopic (exact) mass is 452 g/mol. The van der Waals surface area contributed by atoms with E-state index in [-0.39, 0.29) is 11.4 Å². The number of hydrogen-bond acceptors (Lipinski definition) is 4. The van der Waals surface area contributed by atoms with Crippen molar-refractivity contribution in [1.29, 1.82) is 5.26 Å². The summed E-state index contributed by atoms with van der Waals surface area (Å²) in [6, 6.07) is 25.0. The summed E-state index contributed by atoms with van der Waals surface area (Å²) in [6.07, 6.45) is 3.31. The van der Waals surface area contributed by atoms with Crippen molar-refractivity contribution >= 4 is 12.0 Å². The van der Waals surface area contributed by atoms with E-state index in [0.29, 0.717) is 23.6 Å². The number of nitrogens with one attached hydrogen (secondary N) is 1. The molecule has 0 unspecified atom stereocenters. The Labute approximate surface area is 196 Å². The number of likely N-dealkylation sites (N-methyl/N-ethyl adjacent to an activating group) is 1. The number of nitriles is 1. The normalized spacial score (nSPS) is 11.0. The van der Waals surface area contributed by atoms with Gasteiger partial charge in [-0.1, -0.05) is 30.3 Å². The van der Waals surface area contributed by atoms with Crippen molar-refractivity contribution in [2.24, 2.45) is 0 Å². The first-order valence-electron chi connectivity index (χ1n) is 10.5. The summed E-state index contributed by atoms with van der Waals surface area (Å²) in [5, 5.41) is 16.6. The molecule has 1 heterocycles. The van der Waals surface area contributed by atoms with Crippen molar-refractivity contribution in [3.63, 3.8) is 0 Å². The molecule has 0 saturated carbocycles. The van der Waals surface area contributed by atoms with Crippen LogP contribution in [0.5, 0.6) is 5.75 Å². The molecular weight excluding hydrogens is 431 g/mol. The van der Waals surface area contributed by atoms with Crippen LogP contribution in [0, 0.1) is 17.1 Å². The number of aromatic nitrogens is 2. The molecule has 0 radical (unpaired) electrons. The highest BCUT2D eigenvalue weighted by molar-refractivity contribution is 6.02. The Morgan fingerprint density at radius 3 is 2.44 bits per heavy atom. The molecule has 1 aromatic heterocycles. The Balaban J connectivity index is 1.64. The minimum absolute atomic E-state index is 0.0180. The van der Waals surface area contributed by atoms with Gasteiger partial charge in [-0.05, 0) is 60.2 Å². The topological polar surface area (TPSA) is 79.9 Å². The van der Waals surface area contributed by atoms with Crippen LogP contribution in [-0.4, -0.2) is 22.7 Å². The highest BCUT2D eigenvalue weighted by Crippen LogP contribution is 2.28. The summed E-state index contributed by atoms with van der Waals surface area (Å²) in [6.45, 7) is 0.313. The third-order valence-electron chi connectivity index (χ3n) is 5.10. The fraction of sp³-hybridized carbons (Fsp3) is 0.0741. The maximum absolute atomic E-state index is 13.1. The van der Waals surface area contributed by atoms with Gasteiger partial charge >= 0.3 is 0 Å². The van der Waals surface area contributed by atoms with E-state index in [9.17, 15) is 14.4 Å². The van der Waals surface area contributed by atoms with E-state index >= 15 is 0 Å². The molecule has 0 spiro atoms. The lowest BCUT2D eigenvalue weighted by Gasteiger charge is -2.07. The first-order valence-corrected chi connectivity index (χ1v) is 10.5. The highest BCUT2D eigenvalue weighted by atomic mass is 19.1. The van der Waals surface area contributed by atoms with E-state index in [2.05, 4.69) is 5.32 Å². The van der Waals surface area contributed by atoms with Crippen LogP contribution in [0.25, 0.3) is 23.0 Å². The van der Waals surface area contributed by atoms with E-state index < -0.39 is 5.91 Å². The van der Waals surface area contributed by atoms with Crippen molar-refractivity contribution in [2.75, 3.05) is 7.05 Å². The Kier molecular flexibility index (Phi) is 6.80. The molecule has 1 amide bonds. The van der Waals surface area contributed by atoms with Gasteiger partial charge in [0.25, 0.3) is 5.91 Å². The first-order chi connectivity index (χ1) is 16.6. The lowest BCUT2D eigenvalue weighted by Crippen LogP contribution is -2.19. The molecule has 4 aromatic rings. The van der Waals surface area contributed by atoms with Crippen LogP contribution in [0.2, 0.25) is 0 Å². The number of benzene rings is 3. The Bertz CT molecular complexity index is 1350. The molecule has 0 atom stereocenters. The molecule has 7 heteroatoms. The van der Waals surface area contributed by atoms with Crippen LogP contribution in [0.3, 0.4) is 0 Å². The number of rotatable bonds is 7. The Morgan fingerprint density at radius 2 is 1.79 bits per heavy atom. The van der Waals surface area contributed by atoms with Crippen molar-refractivity contribution < 1.29 is 13.9 Å². The SMILES string of the molecule is CNC(=O)/C(C#N)=C/c1cn(-c2ccccc2)nc1-c1ccc(OCc2ccc(F)cc2)cc1. The van der Waals surface area contributed by atoms with E-state index in [1.807, 2.05) is 60.7 Å². The summed E-state index contributed by atoms with van der Waals surface area (Å²) in [5.41, 5.74) is 3.73. The number of hydrogen-bond donors (Lipinski definition) is 1. The van der Waals surface area contributed by atoms with Crippen molar-refractivity contribution in [3.8, 4) is 28.8 Å². The van der Waals surface area contributed by atoms with Gasteiger partial charge < -0.3 is 10.1 Å². The van der Waals surface area contributed by atoms with Crippen molar-refractivity contribution in [1.82, 2.24) is 15.1 Å². The third kappa shape index (κ3) is 5.19. The van der Waals surface area contributed by atoms with E-state index in [0.717, 1.165) is 16.8 Å². The van der Waals surface area contributed by atoms with Crippen LogP contribution < -0.4 is 10.1 Å². The predicted molar refractivity (Wildman–Crippen MR) is 127 cm³/mol. The van der Waals surface area contributed by atoms with Gasteiger partial charge in [0.2, 0.25) is 0 Å². The maximum atomic E-state index is 13.1. The second-order valence-electron chi connectivity index (χ2n) is 7.40. The summed E-state index contributed by atoms with van der Waals surface area (Å²) >= 11 is 0. The Morgan fingerprint density at radius 1 is 1.09 bits per heavy atom. The number of amides is 1. The molecule has 0 saturated heterocycles. The van der Waals surface area contributed by atoms with Gasteiger partial charge in [-0.15, -0.1) is 0 Å². The van der Waals surface area contributed by atoms with Crippen LogP contribution >= 0.6 is 0 Å². The van der Waals surface area contributed by atoms with Gasteiger partial charge in [0, 0.05) is 24.4 Å². The zero-order valence-corrected chi connectivity index (χ0v) is 18.4. The summed E-state index contributed by atoms with van der Waals surface area (Å²) < 4.78 is 20.6. The van der Waals surface area contributed by atoms with Crippen molar-refractivity contribution in [2.45, 2.75) is 6.61 Å². The largest absolute Gasteiger partial charge is 0.489 e. The molecule has 0 aliphatic rings. The molecule has 3 aromatic carbocycles. The Hall–Kier alpha value is -4.70. The number of carbonyl (C=O) groups is 1. The summed E-state index contributed by atoms with van der Waals surface area (Å²) in [5.74, 6) is -0.106. The summed E-state index contributed by atoms with van der Waals surface area (Å²) in [7, 11) is 1.48. The zero-order chi connectivity index (χ0) is 23.9. The minimum atomic E-state index is -0.467. The fourth-order valence-electron chi connectivity index (χ4n) is 3.33. The molecule has 34 heavy (non-hydrogen) atoms. The maximum Gasteiger partial charge on any atom is 0.261 e. The number of ether oxygens (including phenoxy) is 1. The van der Waals surface area contributed by atoms with Crippen LogP contribution in [0.4, 0.5) is 4.39 Å². The molecule has 0 fully saturated rings. The molecule has 168 valence electrons. The molecule has 6 nitrogen and oxygen atoms in total. The second kappa shape index (κ2) is 10.3. The predicted octanol–water partition coefficient (Wildman–Crippen LogP) is 4.91. The molecule has 4 rings (SSSR count). The zero-order valence-electron chi connectivity index (χ0n) is 18.4. The average Bonchev–Trinajstić information content (AvgIpc) is 3.31. The number of halogens is 1. The van der Waals surface area contributed by atoms with E-state index in [1.165, 1.54) is 25.3 Å². The lowest BCUT2D eigenvalue weighted by atomic mass is 10.1. The van der Waals surface area contributed by atoms with E-state index in [4.69, 9.17) is 9.84 Å². The molecule has 0 aliphatic heterocycles. The average molecular weight is 452 g/mol. The number of nitrogens with zero attached hydrogens (tertiary/aromatic N) is 3. The standard InChI is InChI=1S/C27H21FN4O2/c1-30-27(33)21(16-29)15-22-17-32(24-5-3-2-4-6-24)31-26(22)20-9-13-25(14-10-20)34-18-19-7-11-23(28)12-8-19/h2-15,17H,18H2,1H3,(H,30,33)/b21-15+. The molecule has 0 aliphatic carbocycles. The van der Waals surface area contributed by atoms with Crippen molar-refractivity contribution in [3.05, 3.63) is 108 Å². The first kappa shape index (κ1) is 22.5. The van der Waals surface area contributed by atoms with Gasteiger partial charge in [-0.25, -0.2) is 9.07 Å². The van der Waals surface area contributed by atoms with Gasteiger partial charge in [0.15, 0.2) is 0 Å². The van der Waals surface area contributed by atoms with Gasteiger partial charge in [-0.2, -0.15) is 10.4 Å². The van der Waals surface area contributed by atoms with Crippen LogP contribution in [0.15, 0.2) is 90.6 Å². The fourth-order valence-corrected chi connectivity index (χ4v) is 3.33. The number of carbonyl (C=O) groups excluding carboxylic acids is 1. The second-order valence-corrected chi connectivity index (χ2v) is 7.40. The lowest BCUT2D eigenvalue weighted by molar-refractivity contribution is -0.116. The molecular formula is C27H21FN4O2. The number of para-hydroxylation sites is 1.